The highest BCUT2D eigenvalue weighted by Crippen LogP contribution is 2.16. The monoisotopic (exact) mass is 194 g/mol. The number of carboxylic acid groups (broad SMARTS) is 1. The molecule has 0 aliphatic rings. The second-order valence-corrected chi connectivity index (χ2v) is 2.50. The third-order valence-electron chi connectivity index (χ3n) is 1.56. The van der Waals surface area contributed by atoms with E-state index in [0.29, 0.717) is 11.4 Å². The van der Waals surface area contributed by atoms with Gasteiger partial charge in [0.2, 0.25) is 0 Å². The number of aromatic nitrogens is 1. The van der Waals surface area contributed by atoms with E-state index >= 15 is 0 Å². The predicted molar refractivity (Wildman–Crippen MR) is 50.6 cm³/mol. The number of hydrogen-bond acceptors (Lipinski definition) is 4. The van der Waals surface area contributed by atoms with Gasteiger partial charge in [-0.05, 0) is 18.2 Å². The largest absolute Gasteiger partial charge is 0.494 e. The van der Waals surface area contributed by atoms with Crippen LogP contribution in [0.3, 0.4) is 0 Å². The molecule has 0 fully saturated rings. The second-order valence-electron chi connectivity index (χ2n) is 2.50. The Balaban J connectivity index is 3.07. The molecule has 0 unspecified atom stereocenters. The quantitative estimate of drug-likeness (QED) is 0.683. The number of ether oxygens (including phenoxy) is 1. The van der Waals surface area contributed by atoms with Crippen molar-refractivity contribution in [2.75, 3.05) is 7.11 Å². The van der Waals surface area contributed by atoms with Crippen LogP contribution in [0.5, 0.6) is 5.75 Å². The molecule has 0 aromatic carbocycles. The van der Waals surface area contributed by atoms with E-state index in [2.05, 4.69) is 4.98 Å². The summed E-state index contributed by atoms with van der Waals surface area (Å²) in [5.74, 6) is -0.700. The maximum absolute atomic E-state index is 10.4. The molecule has 1 heterocycles. The molecule has 3 N–H and O–H groups in total. The van der Waals surface area contributed by atoms with Crippen LogP contribution in [0.25, 0.3) is 6.08 Å². The second kappa shape index (κ2) is 4.27. The van der Waals surface area contributed by atoms with E-state index < -0.39 is 5.97 Å². The van der Waals surface area contributed by atoms with Gasteiger partial charge in [-0.1, -0.05) is 0 Å². The van der Waals surface area contributed by atoms with E-state index in [0.717, 1.165) is 0 Å². The molecule has 1 aromatic rings. The molecule has 0 radical (unpaired) electrons. The van der Waals surface area contributed by atoms with E-state index in [9.17, 15) is 4.79 Å². The molecule has 5 heteroatoms. The summed E-state index contributed by atoms with van der Waals surface area (Å²) in [5.41, 5.74) is 5.36. The fourth-order valence-electron chi connectivity index (χ4n) is 0.893. The zero-order valence-electron chi connectivity index (χ0n) is 7.60. The Hall–Kier alpha value is -2.04. The van der Waals surface area contributed by atoms with Crippen LogP contribution in [0.4, 0.5) is 0 Å². The molecule has 5 nitrogen and oxygen atoms in total. The summed E-state index contributed by atoms with van der Waals surface area (Å²) in [4.78, 5) is 14.4. The first-order chi connectivity index (χ1) is 6.65. The SMILES string of the molecule is COc1cccnc1/C=C(/N)C(=O)O. The Labute approximate surface area is 80.8 Å². The first-order valence-electron chi connectivity index (χ1n) is 3.84. The average Bonchev–Trinajstić information content (AvgIpc) is 2.18. The molecule has 0 bridgehead atoms. The van der Waals surface area contributed by atoms with Crippen molar-refractivity contribution in [3.63, 3.8) is 0 Å². The number of rotatable bonds is 3. The first-order valence-corrected chi connectivity index (χ1v) is 3.84. The minimum Gasteiger partial charge on any atom is -0.494 e. The van der Waals surface area contributed by atoms with Gasteiger partial charge in [-0.15, -0.1) is 0 Å². The summed E-state index contributed by atoms with van der Waals surface area (Å²) in [6, 6.07) is 3.36. The summed E-state index contributed by atoms with van der Waals surface area (Å²) in [6.45, 7) is 0. The average molecular weight is 194 g/mol. The van der Waals surface area contributed by atoms with Crippen LogP contribution in [0, 0.1) is 0 Å². The highest BCUT2D eigenvalue weighted by molar-refractivity contribution is 5.91. The van der Waals surface area contributed by atoms with Crippen molar-refractivity contribution in [3.05, 3.63) is 29.7 Å². The number of nitrogens with two attached hydrogens (primary N) is 1. The van der Waals surface area contributed by atoms with Crippen LogP contribution in [-0.2, 0) is 4.79 Å². The van der Waals surface area contributed by atoms with Gasteiger partial charge in [0.05, 0.1) is 7.11 Å². The molecule has 0 amide bonds. The minimum absolute atomic E-state index is 0.276. The van der Waals surface area contributed by atoms with Gasteiger partial charge in [0.1, 0.15) is 17.1 Å². The zero-order valence-corrected chi connectivity index (χ0v) is 7.60. The fourth-order valence-corrected chi connectivity index (χ4v) is 0.893. The van der Waals surface area contributed by atoms with Crippen molar-refractivity contribution in [1.82, 2.24) is 4.98 Å². The van der Waals surface area contributed by atoms with E-state index in [4.69, 9.17) is 15.6 Å². The van der Waals surface area contributed by atoms with Gasteiger partial charge in [0.15, 0.2) is 0 Å². The lowest BCUT2D eigenvalue weighted by atomic mass is 10.2. The van der Waals surface area contributed by atoms with Crippen LogP contribution in [0.2, 0.25) is 0 Å². The highest BCUT2D eigenvalue weighted by atomic mass is 16.5. The number of hydrogen-bond donors (Lipinski definition) is 2. The standard InChI is InChI=1S/C9H10N2O3/c1-14-8-3-2-4-11-7(8)5-6(10)9(12)13/h2-5H,10H2,1H3,(H,12,13)/b6-5+. The van der Waals surface area contributed by atoms with Crippen LogP contribution < -0.4 is 10.5 Å². The van der Waals surface area contributed by atoms with Gasteiger partial charge in [0.25, 0.3) is 0 Å². The summed E-state index contributed by atoms with van der Waals surface area (Å²) >= 11 is 0. The summed E-state index contributed by atoms with van der Waals surface area (Å²) < 4.78 is 4.97. The number of nitrogens with zero attached hydrogens (tertiary/aromatic N) is 1. The van der Waals surface area contributed by atoms with Gasteiger partial charge >= 0.3 is 5.97 Å². The lowest BCUT2D eigenvalue weighted by molar-refractivity contribution is -0.132. The van der Waals surface area contributed by atoms with Gasteiger partial charge in [0, 0.05) is 6.20 Å². The van der Waals surface area contributed by atoms with Gasteiger partial charge in [-0.25, -0.2) is 4.79 Å². The predicted octanol–water partition coefficient (Wildman–Crippen LogP) is 0.474. The minimum atomic E-state index is -1.18. The summed E-state index contributed by atoms with van der Waals surface area (Å²) in [7, 11) is 1.48. The third kappa shape index (κ3) is 2.22. The van der Waals surface area contributed by atoms with Crippen molar-refractivity contribution < 1.29 is 14.6 Å². The Morgan fingerprint density at radius 2 is 2.43 bits per heavy atom. The van der Waals surface area contributed by atoms with E-state index in [1.54, 1.807) is 12.1 Å². The molecule has 74 valence electrons. The van der Waals surface area contributed by atoms with E-state index in [-0.39, 0.29) is 5.70 Å². The molecule has 14 heavy (non-hydrogen) atoms. The summed E-state index contributed by atoms with van der Waals surface area (Å²) in [6.07, 6.45) is 2.78. The Morgan fingerprint density at radius 1 is 1.71 bits per heavy atom. The summed E-state index contributed by atoms with van der Waals surface area (Å²) in [5, 5.41) is 8.55. The number of carbonyl (C=O) groups is 1. The molecule has 1 aromatic heterocycles. The van der Waals surface area contributed by atoms with Crippen molar-refractivity contribution in [2.24, 2.45) is 5.73 Å². The Morgan fingerprint density at radius 3 is 3.00 bits per heavy atom. The zero-order chi connectivity index (χ0) is 10.6. The lowest BCUT2D eigenvalue weighted by Gasteiger charge is -2.02. The molecule has 1 rings (SSSR count). The number of aliphatic carboxylic acids is 1. The number of pyridine rings is 1. The topological polar surface area (TPSA) is 85.4 Å². The first kappa shape index (κ1) is 10.0. The lowest BCUT2D eigenvalue weighted by Crippen LogP contribution is -2.09. The maximum Gasteiger partial charge on any atom is 0.351 e. The molecule has 0 spiro atoms. The molecular formula is C9H10N2O3. The molecule has 0 atom stereocenters. The van der Waals surface area contributed by atoms with Crippen molar-refractivity contribution in [2.45, 2.75) is 0 Å². The highest BCUT2D eigenvalue weighted by Gasteiger charge is 2.05. The van der Waals surface area contributed by atoms with Gasteiger partial charge in [-0.2, -0.15) is 0 Å². The van der Waals surface area contributed by atoms with Crippen LogP contribution in [-0.4, -0.2) is 23.2 Å². The smallest absolute Gasteiger partial charge is 0.351 e. The van der Waals surface area contributed by atoms with Crippen LogP contribution >= 0.6 is 0 Å². The van der Waals surface area contributed by atoms with Gasteiger partial charge in [-0.3, -0.25) is 4.98 Å². The molecule has 0 saturated heterocycles. The number of carboxylic acids is 1. The van der Waals surface area contributed by atoms with Gasteiger partial charge < -0.3 is 15.6 Å². The van der Waals surface area contributed by atoms with Crippen molar-refractivity contribution >= 4 is 12.0 Å². The molecule has 0 aliphatic heterocycles. The number of methoxy groups -OCH3 is 1. The maximum atomic E-state index is 10.4. The van der Waals surface area contributed by atoms with Crippen molar-refractivity contribution in [1.29, 1.82) is 0 Å². The van der Waals surface area contributed by atoms with E-state index in [1.165, 1.54) is 19.4 Å². The Bertz CT molecular complexity index is 374. The van der Waals surface area contributed by atoms with Crippen molar-refractivity contribution in [3.8, 4) is 5.75 Å². The molecule has 0 aliphatic carbocycles. The fraction of sp³-hybridized carbons (Fsp3) is 0.111. The normalized spacial score (nSPS) is 11.1. The van der Waals surface area contributed by atoms with Crippen LogP contribution in [0.1, 0.15) is 5.69 Å². The van der Waals surface area contributed by atoms with E-state index in [1.807, 2.05) is 0 Å². The third-order valence-corrected chi connectivity index (χ3v) is 1.56. The Kier molecular flexibility index (Phi) is 3.06. The van der Waals surface area contributed by atoms with Crippen LogP contribution in [0.15, 0.2) is 24.0 Å². The molecule has 0 saturated carbocycles. The molecular weight excluding hydrogens is 184 g/mol.